The first-order valence-electron chi connectivity index (χ1n) is 14.2. The van der Waals surface area contributed by atoms with Crippen molar-refractivity contribution in [2.45, 2.75) is 25.8 Å². The van der Waals surface area contributed by atoms with Crippen molar-refractivity contribution in [2.24, 2.45) is 0 Å². The average Bonchev–Trinajstić information content (AvgIpc) is 3.30. The van der Waals surface area contributed by atoms with Crippen LogP contribution in [0.2, 0.25) is 0 Å². The first-order valence-corrected chi connectivity index (χ1v) is 14.2. The molecule has 0 saturated carbocycles. The molecule has 4 N–H and O–H groups in total. The van der Waals surface area contributed by atoms with Crippen LogP contribution >= 0.6 is 0 Å². The number of likely N-dealkylation sites (tertiary alicyclic amines) is 1. The van der Waals surface area contributed by atoms with Crippen molar-refractivity contribution in [3.05, 3.63) is 94.5 Å². The van der Waals surface area contributed by atoms with E-state index >= 15 is 0 Å². The number of piperidine rings is 1. The number of carboxylic acids is 1. The van der Waals surface area contributed by atoms with E-state index in [0.29, 0.717) is 51.9 Å². The molecule has 218 valence electrons. The van der Waals surface area contributed by atoms with Crippen molar-refractivity contribution in [3.63, 3.8) is 0 Å². The number of carbonyl (C=O) groups excluding carboxylic acids is 2. The number of aromatic carboxylic acids is 1. The molecule has 2 heterocycles. The number of hydrogen-bond acceptors (Lipinski definition) is 6. The first kappa shape index (κ1) is 29.0. The largest absolute Gasteiger partial charge is 0.478 e. The zero-order valence-corrected chi connectivity index (χ0v) is 24.2. The van der Waals surface area contributed by atoms with Crippen LogP contribution < -0.4 is 16.0 Å². The van der Waals surface area contributed by atoms with Gasteiger partial charge < -0.3 is 30.9 Å². The minimum absolute atomic E-state index is 0.125. The van der Waals surface area contributed by atoms with E-state index in [9.17, 15) is 19.5 Å². The Morgan fingerprint density at radius 1 is 1.00 bits per heavy atom. The molecule has 0 bridgehead atoms. The van der Waals surface area contributed by atoms with E-state index in [2.05, 4.69) is 39.8 Å². The van der Waals surface area contributed by atoms with Crippen molar-refractivity contribution >= 4 is 40.4 Å². The van der Waals surface area contributed by atoms with E-state index < -0.39 is 5.97 Å². The molecule has 9 nitrogen and oxygen atoms in total. The van der Waals surface area contributed by atoms with Gasteiger partial charge in [0.15, 0.2) is 0 Å². The average molecular weight is 568 g/mol. The van der Waals surface area contributed by atoms with Gasteiger partial charge in [-0.2, -0.15) is 0 Å². The van der Waals surface area contributed by atoms with Gasteiger partial charge in [0.1, 0.15) is 0 Å². The molecule has 0 radical (unpaired) electrons. The summed E-state index contributed by atoms with van der Waals surface area (Å²) in [5.41, 5.74) is 4.88. The summed E-state index contributed by atoms with van der Waals surface area (Å²) in [4.78, 5) is 42.4. The zero-order valence-electron chi connectivity index (χ0n) is 24.2. The quantitative estimate of drug-likeness (QED) is 0.284. The second-order valence-electron chi connectivity index (χ2n) is 11.1. The highest BCUT2D eigenvalue weighted by atomic mass is 16.4. The molecule has 5 rings (SSSR count). The summed E-state index contributed by atoms with van der Waals surface area (Å²) in [6, 6.07) is 20.5. The molecule has 0 atom stereocenters. The summed E-state index contributed by atoms with van der Waals surface area (Å²) < 4.78 is 0. The van der Waals surface area contributed by atoms with Gasteiger partial charge in [0, 0.05) is 35.9 Å². The highest BCUT2D eigenvalue weighted by Gasteiger charge is 2.30. The fraction of sp³-hybridized carbons (Fsp3) is 0.303. The number of benzene rings is 3. The van der Waals surface area contributed by atoms with Gasteiger partial charge in [-0.3, -0.25) is 9.59 Å². The van der Waals surface area contributed by atoms with E-state index in [-0.39, 0.29) is 17.4 Å². The van der Waals surface area contributed by atoms with E-state index in [1.54, 1.807) is 25.1 Å². The standard InChI is InChI=1S/C33H37N5O4/c1-21-19-27-28(20-26(21)33(41)42)36-32(40)29(27)30(22-7-5-4-6-8-22)35-24-11-9-23(10-12-24)31(39)34-15-18-38-16-13-25(14-17-38)37(2)3/h4-12,19-20,25,35H,13-18H2,1-3H3,(H,34,39)(H,36,40)(H,41,42). The lowest BCUT2D eigenvalue weighted by Gasteiger charge is -2.35. The van der Waals surface area contributed by atoms with Gasteiger partial charge in [0.05, 0.1) is 22.5 Å². The predicted octanol–water partition coefficient (Wildman–Crippen LogP) is 4.38. The lowest BCUT2D eigenvalue weighted by Crippen LogP contribution is -2.44. The van der Waals surface area contributed by atoms with E-state index in [0.717, 1.165) is 38.0 Å². The Bertz CT molecular complexity index is 1510. The van der Waals surface area contributed by atoms with Crippen LogP contribution in [-0.4, -0.2) is 79.0 Å². The lowest BCUT2D eigenvalue weighted by atomic mass is 9.96. The number of anilines is 2. The van der Waals surface area contributed by atoms with Gasteiger partial charge in [-0.05, 0) is 94.5 Å². The van der Waals surface area contributed by atoms with Gasteiger partial charge in [0.25, 0.3) is 11.8 Å². The summed E-state index contributed by atoms with van der Waals surface area (Å²) in [5, 5.41) is 18.8. The van der Waals surface area contributed by atoms with Crippen LogP contribution in [0, 0.1) is 6.92 Å². The highest BCUT2D eigenvalue weighted by Crippen LogP contribution is 2.39. The Morgan fingerprint density at radius 2 is 1.69 bits per heavy atom. The van der Waals surface area contributed by atoms with Crippen LogP contribution in [-0.2, 0) is 4.79 Å². The first-order chi connectivity index (χ1) is 20.2. The van der Waals surface area contributed by atoms with Crippen LogP contribution in [0.5, 0.6) is 0 Å². The minimum Gasteiger partial charge on any atom is -0.478 e. The van der Waals surface area contributed by atoms with Crippen LogP contribution in [0.1, 0.15) is 50.2 Å². The lowest BCUT2D eigenvalue weighted by molar-refractivity contribution is -0.110. The predicted molar refractivity (Wildman–Crippen MR) is 166 cm³/mol. The van der Waals surface area contributed by atoms with Crippen molar-refractivity contribution in [2.75, 3.05) is 50.9 Å². The molecule has 2 aliphatic rings. The van der Waals surface area contributed by atoms with Gasteiger partial charge in [0.2, 0.25) is 0 Å². The van der Waals surface area contributed by atoms with Gasteiger partial charge in [-0.1, -0.05) is 30.3 Å². The molecule has 2 amide bonds. The smallest absolute Gasteiger partial charge is 0.336 e. The number of fused-ring (bicyclic) bond motifs is 1. The number of hydrogen-bond donors (Lipinski definition) is 4. The van der Waals surface area contributed by atoms with Crippen molar-refractivity contribution in [3.8, 4) is 0 Å². The zero-order chi connectivity index (χ0) is 29.8. The second kappa shape index (κ2) is 12.6. The number of nitrogens with one attached hydrogen (secondary N) is 3. The topological polar surface area (TPSA) is 114 Å². The molecule has 42 heavy (non-hydrogen) atoms. The van der Waals surface area contributed by atoms with Crippen LogP contribution in [0.3, 0.4) is 0 Å². The van der Waals surface area contributed by atoms with Crippen LogP contribution in [0.15, 0.2) is 66.7 Å². The summed E-state index contributed by atoms with van der Waals surface area (Å²) in [6.07, 6.45) is 2.29. The van der Waals surface area contributed by atoms with E-state index in [4.69, 9.17) is 0 Å². The van der Waals surface area contributed by atoms with Gasteiger partial charge >= 0.3 is 5.97 Å². The van der Waals surface area contributed by atoms with E-state index in [1.807, 2.05) is 42.5 Å². The number of rotatable bonds is 9. The molecule has 0 aliphatic carbocycles. The monoisotopic (exact) mass is 567 g/mol. The Morgan fingerprint density at radius 3 is 2.33 bits per heavy atom. The molecule has 9 heteroatoms. The maximum Gasteiger partial charge on any atom is 0.336 e. The fourth-order valence-electron chi connectivity index (χ4n) is 5.63. The fourth-order valence-corrected chi connectivity index (χ4v) is 5.63. The van der Waals surface area contributed by atoms with Gasteiger partial charge in [-0.25, -0.2) is 4.79 Å². The minimum atomic E-state index is -1.04. The Hall–Kier alpha value is -4.47. The number of carboxylic acid groups (broad SMARTS) is 1. The highest BCUT2D eigenvalue weighted by molar-refractivity contribution is 6.37. The van der Waals surface area contributed by atoms with Crippen molar-refractivity contribution < 1.29 is 19.5 Å². The third-order valence-electron chi connectivity index (χ3n) is 8.07. The molecule has 2 aliphatic heterocycles. The molecular formula is C33H37N5O4. The summed E-state index contributed by atoms with van der Waals surface area (Å²) in [6.45, 7) is 5.22. The van der Waals surface area contributed by atoms with Crippen LogP contribution in [0.4, 0.5) is 11.4 Å². The molecule has 0 unspecified atom stereocenters. The van der Waals surface area contributed by atoms with Crippen molar-refractivity contribution in [1.29, 1.82) is 0 Å². The van der Waals surface area contributed by atoms with E-state index in [1.165, 1.54) is 6.07 Å². The summed E-state index contributed by atoms with van der Waals surface area (Å²) in [7, 11) is 4.26. The number of aryl methyl sites for hydroxylation is 1. The maximum atomic E-state index is 13.2. The molecule has 0 aromatic heterocycles. The molecule has 1 saturated heterocycles. The number of nitrogens with zero attached hydrogens (tertiary/aromatic N) is 2. The van der Waals surface area contributed by atoms with Crippen LogP contribution in [0.25, 0.3) is 11.3 Å². The third-order valence-corrected chi connectivity index (χ3v) is 8.07. The SMILES string of the molecule is Cc1cc2c(cc1C(=O)O)NC(=O)C2=C(Nc1ccc(C(=O)NCCN2CCC(N(C)C)CC2)cc1)c1ccccc1. The number of carbonyl (C=O) groups is 3. The maximum absolute atomic E-state index is 13.2. The Balaban J connectivity index is 1.31. The molecule has 3 aromatic rings. The third kappa shape index (κ3) is 6.37. The molecule has 3 aromatic carbocycles. The number of amides is 2. The Labute approximate surface area is 246 Å². The summed E-state index contributed by atoms with van der Waals surface area (Å²) in [5.74, 6) is -1.49. The molecule has 1 fully saturated rings. The van der Waals surface area contributed by atoms with Gasteiger partial charge in [-0.15, -0.1) is 0 Å². The molecular weight excluding hydrogens is 530 g/mol. The molecule has 0 spiro atoms. The normalized spacial score (nSPS) is 16.6. The summed E-state index contributed by atoms with van der Waals surface area (Å²) >= 11 is 0. The Kier molecular flexibility index (Phi) is 8.70. The van der Waals surface area contributed by atoms with Crippen molar-refractivity contribution in [1.82, 2.24) is 15.1 Å². The second-order valence-corrected chi connectivity index (χ2v) is 11.1.